The number of pyridine rings is 1. The van der Waals surface area contributed by atoms with E-state index in [0.29, 0.717) is 18.8 Å². The SMILES string of the molecule is CCC(O)COc1cnc2ccccc2c1. The van der Waals surface area contributed by atoms with Gasteiger partial charge in [0, 0.05) is 5.39 Å². The molecule has 1 atom stereocenters. The van der Waals surface area contributed by atoms with Gasteiger partial charge in [-0.2, -0.15) is 0 Å². The largest absolute Gasteiger partial charge is 0.489 e. The van der Waals surface area contributed by atoms with Gasteiger partial charge in [-0.3, -0.25) is 4.98 Å². The molecule has 0 bridgehead atoms. The number of rotatable bonds is 4. The van der Waals surface area contributed by atoms with Gasteiger partial charge < -0.3 is 9.84 Å². The molecule has 2 rings (SSSR count). The maximum atomic E-state index is 9.39. The lowest BCUT2D eigenvalue weighted by Gasteiger charge is -2.10. The van der Waals surface area contributed by atoms with Crippen LogP contribution in [0.4, 0.5) is 0 Å². The smallest absolute Gasteiger partial charge is 0.138 e. The van der Waals surface area contributed by atoms with Crippen LogP contribution in [0.2, 0.25) is 0 Å². The number of para-hydroxylation sites is 1. The molecule has 0 aliphatic rings. The molecule has 0 saturated heterocycles. The molecule has 3 heteroatoms. The minimum Gasteiger partial charge on any atom is -0.489 e. The monoisotopic (exact) mass is 217 g/mol. The molecule has 3 nitrogen and oxygen atoms in total. The number of ether oxygens (including phenoxy) is 1. The van der Waals surface area contributed by atoms with Crippen LogP contribution in [0.25, 0.3) is 10.9 Å². The van der Waals surface area contributed by atoms with Crippen LogP contribution in [0, 0.1) is 0 Å². The Hall–Kier alpha value is -1.61. The highest BCUT2D eigenvalue weighted by Crippen LogP contribution is 2.17. The molecule has 0 amide bonds. The van der Waals surface area contributed by atoms with Crippen LogP contribution in [0.15, 0.2) is 36.5 Å². The highest BCUT2D eigenvalue weighted by molar-refractivity contribution is 5.79. The predicted octanol–water partition coefficient (Wildman–Crippen LogP) is 2.38. The normalized spacial score (nSPS) is 12.6. The zero-order valence-electron chi connectivity index (χ0n) is 9.26. The van der Waals surface area contributed by atoms with E-state index < -0.39 is 6.10 Å². The molecule has 1 N–H and O–H groups in total. The van der Waals surface area contributed by atoms with E-state index in [1.54, 1.807) is 6.20 Å². The lowest BCUT2D eigenvalue weighted by atomic mass is 10.2. The molecule has 0 aliphatic heterocycles. The van der Waals surface area contributed by atoms with Gasteiger partial charge in [0.15, 0.2) is 0 Å². The molecule has 0 aliphatic carbocycles. The zero-order chi connectivity index (χ0) is 11.4. The van der Waals surface area contributed by atoms with E-state index in [0.717, 1.165) is 10.9 Å². The van der Waals surface area contributed by atoms with Crippen LogP contribution < -0.4 is 4.74 Å². The van der Waals surface area contributed by atoms with Crippen molar-refractivity contribution in [1.29, 1.82) is 0 Å². The summed E-state index contributed by atoms with van der Waals surface area (Å²) < 4.78 is 5.45. The van der Waals surface area contributed by atoms with E-state index in [9.17, 15) is 5.11 Å². The van der Waals surface area contributed by atoms with Crippen molar-refractivity contribution in [3.05, 3.63) is 36.5 Å². The van der Waals surface area contributed by atoms with E-state index in [2.05, 4.69) is 4.98 Å². The van der Waals surface area contributed by atoms with Crippen molar-refractivity contribution >= 4 is 10.9 Å². The number of aliphatic hydroxyl groups is 1. The molecule has 0 radical (unpaired) electrons. The predicted molar refractivity (Wildman–Crippen MR) is 63.5 cm³/mol. The third kappa shape index (κ3) is 2.49. The molecule has 0 spiro atoms. The summed E-state index contributed by atoms with van der Waals surface area (Å²) in [6, 6.07) is 9.81. The lowest BCUT2D eigenvalue weighted by Crippen LogP contribution is -2.16. The Morgan fingerprint density at radius 2 is 2.19 bits per heavy atom. The van der Waals surface area contributed by atoms with Crippen LogP contribution in [-0.4, -0.2) is 22.8 Å². The number of benzene rings is 1. The van der Waals surface area contributed by atoms with Gasteiger partial charge in [-0.05, 0) is 18.6 Å². The fourth-order valence-electron chi connectivity index (χ4n) is 1.44. The number of aromatic nitrogens is 1. The first kappa shape index (κ1) is 10.9. The van der Waals surface area contributed by atoms with Crippen LogP contribution in [0.5, 0.6) is 5.75 Å². The second kappa shape index (κ2) is 4.94. The molecule has 1 heterocycles. The number of hydrogen-bond donors (Lipinski definition) is 1. The second-order valence-electron chi connectivity index (χ2n) is 3.74. The Morgan fingerprint density at radius 3 is 3.00 bits per heavy atom. The van der Waals surface area contributed by atoms with Crippen LogP contribution in [-0.2, 0) is 0 Å². The second-order valence-corrected chi connectivity index (χ2v) is 3.74. The highest BCUT2D eigenvalue weighted by atomic mass is 16.5. The number of nitrogens with zero attached hydrogens (tertiary/aromatic N) is 1. The van der Waals surface area contributed by atoms with E-state index in [4.69, 9.17) is 4.74 Å². The van der Waals surface area contributed by atoms with Gasteiger partial charge in [0.1, 0.15) is 12.4 Å². The van der Waals surface area contributed by atoms with Crippen molar-refractivity contribution in [2.75, 3.05) is 6.61 Å². The maximum Gasteiger partial charge on any atom is 0.138 e. The van der Waals surface area contributed by atoms with Crippen molar-refractivity contribution in [1.82, 2.24) is 4.98 Å². The van der Waals surface area contributed by atoms with Crippen molar-refractivity contribution in [3.63, 3.8) is 0 Å². The van der Waals surface area contributed by atoms with Gasteiger partial charge in [0.25, 0.3) is 0 Å². The summed E-state index contributed by atoms with van der Waals surface area (Å²) in [5, 5.41) is 10.4. The van der Waals surface area contributed by atoms with Crippen LogP contribution in [0.3, 0.4) is 0 Å². The topological polar surface area (TPSA) is 42.4 Å². The van der Waals surface area contributed by atoms with Gasteiger partial charge in [-0.15, -0.1) is 0 Å². The Kier molecular flexibility index (Phi) is 3.37. The van der Waals surface area contributed by atoms with Gasteiger partial charge in [-0.1, -0.05) is 25.1 Å². The molecular formula is C13H15NO2. The van der Waals surface area contributed by atoms with Crippen molar-refractivity contribution in [2.24, 2.45) is 0 Å². The zero-order valence-corrected chi connectivity index (χ0v) is 9.26. The number of hydrogen-bond acceptors (Lipinski definition) is 3. The lowest BCUT2D eigenvalue weighted by molar-refractivity contribution is 0.104. The van der Waals surface area contributed by atoms with Crippen molar-refractivity contribution in [3.8, 4) is 5.75 Å². The van der Waals surface area contributed by atoms with E-state index in [1.807, 2.05) is 37.3 Å². The summed E-state index contributed by atoms with van der Waals surface area (Å²) in [5.41, 5.74) is 0.950. The summed E-state index contributed by atoms with van der Waals surface area (Å²) >= 11 is 0. The first-order valence-corrected chi connectivity index (χ1v) is 5.45. The summed E-state index contributed by atoms with van der Waals surface area (Å²) in [6.07, 6.45) is 1.97. The van der Waals surface area contributed by atoms with Crippen LogP contribution >= 0.6 is 0 Å². The Labute approximate surface area is 94.7 Å². The molecule has 0 saturated carbocycles. The fourth-order valence-corrected chi connectivity index (χ4v) is 1.44. The Bertz CT molecular complexity index is 470. The van der Waals surface area contributed by atoms with E-state index >= 15 is 0 Å². The van der Waals surface area contributed by atoms with Gasteiger partial charge >= 0.3 is 0 Å². The molecule has 1 aromatic carbocycles. The quantitative estimate of drug-likeness (QED) is 0.855. The average Bonchev–Trinajstić information content (AvgIpc) is 2.35. The average molecular weight is 217 g/mol. The first-order chi connectivity index (χ1) is 7.79. The molecular weight excluding hydrogens is 202 g/mol. The molecule has 2 aromatic rings. The van der Waals surface area contributed by atoms with Gasteiger partial charge in [0.2, 0.25) is 0 Å². The summed E-state index contributed by atoms with van der Waals surface area (Å²) in [4.78, 5) is 4.28. The first-order valence-electron chi connectivity index (χ1n) is 5.45. The minimum absolute atomic E-state index is 0.316. The Morgan fingerprint density at radius 1 is 1.38 bits per heavy atom. The third-order valence-corrected chi connectivity index (χ3v) is 2.48. The van der Waals surface area contributed by atoms with E-state index in [1.165, 1.54) is 0 Å². The standard InChI is InChI=1S/C13H15NO2/c1-2-11(15)9-16-12-7-10-5-3-4-6-13(10)14-8-12/h3-8,11,15H,2,9H2,1H3. The van der Waals surface area contributed by atoms with E-state index in [-0.39, 0.29) is 0 Å². The molecule has 1 unspecified atom stereocenters. The Balaban J connectivity index is 2.13. The number of fused-ring (bicyclic) bond motifs is 1. The number of aliphatic hydroxyl groups excluding tert-OH is 1. The fraction of sp³-hybridized carbons (Fsp3) is 0.308. The summed E-state index contributed by atoms with van der Waals surface area (Å²) in [5.74, 6) is 0.700. The summed E-state index contributed by atoms with van der Waals surface area (Å²) in [6.45, 7) is 2.24. The van der Waals surface area contributed by atoms with Crippen LogP contribution in [0.1, 0.15) is 13.3 Å². The van der Waals surface area contributed by atoms with Gasteiger partial charge in [0.05, 0.1) is 17.8 Å². The highest BCUT2D eigenvalue weighted by Gasteiger charge is 2.03. The molecule has 84 valence electrons. The van der Waals surface area contributed by atoms with Crippen molar-refractivity contribution in [2.45, 2.75) is 19.4 Å². The summed E-state index contributed by atoms with van der Waals surface area (Å²) in [7, 11) is 0. The minimum atomic E-state index is -0.411. The molecule has 16 heavy (non-hydrogen) atoms. The third-order valence-electron chi connectivity index (χ3n) is 2.48. The van der Waals surface area contributed by atoms with Gasteiger partial charge in [-0.25, -0.2) is 0 Å². The molecule has 0 fully saturated rings. The molecule has 1 aromatic heterocycles. The maximum absolute atomic E-state index is 9.39. The van der Waals surface area contributed by atoms with Crippen molar-refractivity contribution < 1.29 is 9.84 Å².